The van der Waals surface area contributed by atoms with Gasteiger partial charge in [0.15, 0.2) is 0 Å². The van der Waals surface area contributed by atoms with Crippen molar-refractivity contribution in [1.82, 2.24) is 0 Å². The van der Waals surface area contributed by atoms with E-state index in [2.05, 4.69) is 16.0 Å². The van der Waals surface area contributed by atoms with Crippen molar-refractivity contribution in [2.24, 2.45) is 0 Å². The highest BCUT2D eigenvalue weighted by Crippen LogP contribution is 2.18. The number of amides is 2. The van der Waals surface area contributed by atoms with Crippen LogP contribution in [0.15, 0.2) is 103 Å². The number of anilines is 3. The Hall–Kier alpha value is -4.78. The van der Waals surface area contributed by atoms with Crippen molar-refractivity contribution in [2.45, 2.75) is 6.92 Å². The topological polar surface area (TPSA) is 88.7 Å². The van der Waals surface area contributed by atoms with Crippen LogP contribution in [-0.2, 0) is 4.79 Å². The van der Waals surface area contributed by atoms with Gasteiger partial charge in [-0.05, 0) is 67.6 Å². The zero-order valence-electron chi connectivity index (χ0n) is 20.6. The van der Waals surface area contributed by atoms with E-state index in [0.29, 0.717) is 35.9 Å². The van der Waals surface area contributed by atoms with Gasteiger partial charge in [-0.25, -0.2) is 0 Å². The van der Waals surface area contributed by atoms with Gasteiger partial charge in [-0.1, -0.05) is 42.0 Å². The minimum absolute atomic E-state index is 0.0897. The predicted molar refractivity (Wildman–Crippen MR) is 147 cm³/mol. The highest BCUT2D eigenvalue weighted by Gasteiger charge is 2.07. The quantitative estimate of drug-likeness (QED) is 0.230. The van der Waals surface area contributed by atoms with Crippen molar-refractivity contribution in [3.63, 3.8) is 0 Å². The lowest BCUT2D eigenvalue weighted by atomic mass is 10.1. The number of hydrogen-bond acceptors (Lipinski definition) is 5. The summed E-state index contributed by atoms with van der Waals surface area (Å²) in [6, 6.07) is 31.4. The zero-order valence-corrected chi connectivity index (χ0v) is 20.6. The van der Waals surface area contributed by atoms with Crippen molar-refractivity contribution < 1.29 is 19.1 Å². The molecule has 4 aromatic rings. The molecule has 0 aliphatic heterocycles. The highest BCUT2D eigenvalue weighted by atomic mass is 16.5. The summed E-state index contributed by atoms with van der Waals surface area (Å²) in [4.78, 5) is 24.8. The fourth-order valence-electron chi connectivity index (χ4n) is 3.55. The lowest BCUT2D eigenvalue weighted by Gasteiger charge is -2.11. The molecule has 7 nitrogen and oxygen atoms in total. The van der Waals surface area contributed by atoms with E-state index < -0.39 is 0 Å². The third kappa shape index (κ3) is 8.14. The van der Waals surface area contributed by atoms with E-state index in [1.807, 2.05) is 79.7 Å². The van der Waals surface area contributed by atoms with Crippen LogP contribution in [0, 0.1) is 6.92 Å². The van der Waals surface area contributed by atoms with Crippen LogP contribution in [0.1, 0.15) is 15.9 Å². The van der Waals surface area contributed by atoms with Crippen LogP contribution in [0.4, 0.5) is 17.1 Å². The lowest BCUT2D eigenvalue weighted by molar-refractivity contribution is -0.114. The molecular weight excluding hydrogens is 466 g/mol. The van der Waals surface area contributed by atoms with E-state index in [-0.39, 0.29) is 18.4 Å². The molecule has 0 atom stereocenters. The molecule has 0 unspecified atom stereocenters. The molecule has 0 saturated carbocycles. The Kier molecular flexibility index (Phi) is 8.75. The SMILES string of the molecule is Cc1cccc(C(=O)Nc2ccc(NC(=O)CNc3cccc(OCCOc4ccccc4)c3)cc2)c1. The van der Waals surface area contributed by atoms with Crippen molar-refractivity contribution in [3.8, 4) is 11.5 Å². The number of ether oxygens (including phenoxy) is 2. The Morgan fingerprint density at radius 1 is 0.649 bits per heavy atom. The number of hydrogen-bond donors (Lipinski definition) is 3. The fraction of sp³-hybridized carbons (Fsp3) is 0.133. The number of carbonyl (C=O) groups excluding carboxylic acids is 2. The third-order valence-corrected chi connectivity index (χ3v) is 5.36. The van der Waals surface area contributed by atoms with Gasteiger partial charge in [0.1, 0.15) is 24.7 Å². The second kappa shape index (κ2) is 12.8. The Labute approximate surface area is 216 Å². The summed E-state index contributed by atoms with van der Waals surface area (Å²) in [5.41, 5.74) is 3.67. The van der Waals surface area contributed by atoms with E-state index in [4.69, 9.17) is 9.47 Å². The summed E-state index contributed by atoms with van der Waals surface area (Å²) in [6.45, 7) is 2.86. The van der Waals surface area contributed by atoms with Crippen LogP contribution < -0.4 is 25.4 Å². The van der Waals surface area contributed by atoms with Gasteiger partial charge in [-0.3, -0.25) is 9.59 Å². The molecular formula is C30H29N3O4. The summed E-state index contributed by atoms with van der Waals surface area (Å²) in [7, 11) is 0. The van der Waals surface area contributed by atoms with E-state index in [1.54, 1.807) is 30.3 Å². The molecule has 0 aromatic heterocycles. The van der Waals surface area contributed by atoms with Gasteiger partial charge < -0.3 is 25.4 Å². The summed E-state index contributed by atoms with van der Waals surface area (Å²) >= 11 is 0. The molecule has 4 rings (SSSR count). The first-order valence-corrected chi connectivity index (χ1v) is 12.0. The van der Waals surface area contributed by atoms with Crippen LogP contribution in [0.25, 0.3) is 0 Å². The molecule has 3 N–H and O–H groups in total. The van der Waals surface area contributed by atoms with Crippen LogP contribution in [-0.4, -0.2) is 31.6 Å². The number of benzene rings is 4. The molecule has 0 radical (unpaired) electrons. The minimum atomic E-state index is -0.195. The van der Waals surface area contributed by atoms with Crippen molar-refractivity contribution in [3.05, 3.63) is 114 Å². The number of para-hydroxylation sites is 1. The monoisotopic (exact) mass is 495 g/mol. The molecule has 0 aliphatic rings. The average molecular weight is 496 g/mol. The van der Waals surface area contributed by atoms with Crippen molar-refractivity contribution in [2.75, 3.05) is 35.7 Å². The summed E-state index contributed by atoms with van der Waals surface area (Å²) in [5, 5.41) is 8.80. The molecule has 0 fully saturated rings. The van der Waals surface area contributed by atoms with Crippen molar-refractivity contribution >= 4 is 28.9 Å². The van der Waals surface area contributed by atoms with Gasteiger partial charge in [0.2, 0.25) is 5.91 Å². The van der Waals surface area contributed by atoms with Crippen LogP contribution in [0.3, 0.4) is 0 Å². The van der Waals surface area contributed by atoms with Crippen LogP contribution in [0.2, 0.25) is 0 Å². The molecule has 188 valence electrons. The smallest absolute Gasteiger partial charge is 0.255 e. The normalized spacial score (nSPS) is 10.3. The van der Waals surface area contributed by atoms with E-state index >= 15 is 0 Å². The zero-order chi connectivity index (χ0) is 25.9. The molecule has 7 heteroatoms. The summed E-state index contributed by atoms with van der Waals surface area (Å²) in [6.07, 6.45) is 0. The van der Waals surface area contributed by atoms with Crippen LogP contribution >= 0.6 is 0 Å². The molecule has 37 heavy (non-hydrogen) atoms. The second-order valence-corrected chi connectivity index (χ2v) is 8.34. The molecule has 0 heterocycles. The first-order valence-electron chi connectivity index (χ1n) is 12.0. The minimum Gasteiger partial charge on any atom is -0.490 e. The lowest BCUT2D eigenvalue weighted by Crippen LogP contribution is -2.21. The van der Waals surface area contributed by atoms with Gasteiger partial charge in [0.05, 0.1) is 6.54 Å². The average Bonchev–Trinajstić information content (AvgIpc) is 2.92. The van der Waals surface area contributed by atoms with E-state index in [9.17, 15) is 9.59 Å². The van der Waals surface area contributed by atoms with Gasteiger partial charge >= 0.3 is 0 Å². The Morgan fingerprint density at radius 2 is 1.30 bits per heavy atom. The van der Waals surface area contributed by atoms with Gasteiger partial charge in [0, 0.05) is 28.7 Å². The van der Waals surface area contributed by atoms with E-state index in [1.165, 1.54) is 0 Å². The number of aryl methyl sites for hydroxylation is 1. The maximum Gasteiger partial charge on any atom is 0.255 e. The van der Waals surface area contributed by atoms with Gasteiger partial charge in [0.25, 0.3) is 5.91 Å². The van der Waals surface area contributed by atoms with Crippen LogP contribution in [0.5, 0.6) is 11.5 Å². The largest absolute Gasteiger partial charge is 0.490 e. The standard InChI is InChI=1S/C30H29N3O4/c1-22-7-5-8-23(19-22)30(35)33-25-15-13-24(14-16-25)32-29(34)21-31-26-9-6-12-28(20-26)37-18-17-36-27-10-3-2-4-11-27/h2-16,19-20,31H,17-18,21H2,1H3,(H,32,34)(H,33,35). The molecule has 0 spiro atoms. The molecule has 0 aliphatic carbocycles. The number of nitrogens with one attached hydrogen (secondary N) is 3. The maximum absolute atomic E-state index is 12.4. The number of carbonyl (C=O) groups is 2. The Bertz CT molecular complexity index is 1320. The van der Waals surface area contributed by atoms with E-state index in [0.717, 1.165) is 17.0 Å². The molecule has 0 bridgehead atoms. The molecule has 2 amide bonds. The maximum atomic E-state index is 12.4. The number of rotatable bonds is 11. The first kappa shape index (κ1) is 25.3. The highest BCUT2D eigenvalue weighted by molar-refractivity contribution is 6.04. The van der Waals surface area contributed by atoms with Gasteiger partial charge in [-0.15, -0.1) is 0 Å². The third-order valence-electron chi connectivity index (χ3n) is 5.36. The van der Waals surface area contributed by atoms with Gasteiger partial charge in [-0.2, -0.15) is 0 Å². The molecule has 4 aromatic carbocycles. The Morgan fingerprint density at radius 3 is 2.03 bits per heavy atom. The predicted octanol–water partition coefficient (Wildman–Crippen LogP) is 5.76. The summed E-state index contributed by atoms with van der Waals surface area (Å²) in [5.74, 6) is 1.11. The first-order chi connectivity index (χ1) is 18.0. The molecule has 0 saturated heterocycles. The Balaban J connectivity index is 1.19. The summed E-state index contributed by atoms with van der Waals surface area (Å²) < 4.78 is 11.4. The second-order valence-electron chi connectivity index (χ2n) is 8.34. The fourth-order valence-corrected chi connectivity index (χ4v) is 3.55. The van der Waals surface area contributed by atoms with Crippen molar-refractivity contribution in [1.29, 1.82) is 0 Å².